The largest absolute Gasteiger partial charge is 0.460 e. The van der Waals surface area contributed by atoms with Crippen LogP contribution in [0.1, 0.15) is 43.6 Å². The standard InChI is InChI=1S/C22H23Cl2N3O2/c1-22(2,3)21-25-18-8-9-27(12-16(18)20(28)26-21)11-14-5-7-19(29-14)15-10-13(23)4-6-17(15)24/h4-7,10H,8-9,11-12H2,1-3H3,(H,25,26,28). The predicted molar refractivity (Wildman–Crippen MR) is 116 cm³/mol. The van der Waals surface area contributed by atoms with Gasteiger partial charge in [-0.1, -0.05) is 44.0 Å². The van der Waals surface area contributed by atoms with Crippen molar-refractivity contribution in [3.05, 3.63) is 73.6 Å². The fourth-order valence-corrected chi connectivity index (χ4v) is 3.87. The molecule has 0 amide bonds. The van der Waals surface area contributed by atoms with E-state index in [4.69, 9.17) is 32.6 Å². The summed E-state index contributed by atoms with van der Waals surface area (Å²) < 4.78 is 6.00. The molecule has 0 bridgehead atoms. The maximum Gasteiger partial charge on any atom is 0.255 e. The van der Waals surface area contributed by atoms with Gasteiger partial charge in [0.15, 0.2) is 0 Å². The molecule has 0 saturated heterocycles. The van der Waals surface area contributed by atoms with Crippen LogP contribution in [-0.2, 0) is 24.9 Å². The second kappa shape index (κ2) is 7.63. The van der Waals surface area contributed by atoms with Gasteiger partial charge in [-0.05, 0) is 30.3 Å². The molecule has 29 heavy (non-hydrogen) atoms. The molecule has 0 aliphatic carbocycles. The maximum absolute atomic E-state index is 12.6. The van der Waals surface area contributed by atoms with Gasteiger partial charge in [0.1, 0.15) is 17.3 Å². The van der Waals surface area contributed by atoms with Crippen LogP contribution >= 0.6 is 23.2 Å². The molecule has 152 valence electrons. The van der Waals surface area contributed by atoms with Crippen LogP contribution in [0.4, 0.5) is 0 Å². The summed E-state index contributed by atoms with van der Waals surface area (Å²) >= 11 is 12.4. The molecule has 1 aliphatic heterocycles. The molecule has 0 fully saturated rings. The lowest BCUT2D eigenvalue weighted by Gasteiger charge is -2.28. The van der Waals surface area contributed by atoms with Crippen LogP contribution in [0.5, 0.6) is 0 Å². The van der Waals surface area contributed by atoms with Gasteiger partial charge in [0.2, 0.25) is 0 Å². The van der Waals surface area contributed by atoms with Gasteiger partial charge in [-0.15, -0.1) is 0 Å². The number of halogens is 2. The van der Waals surface area contributed by atoms with E-state index in [0.29, 0.717) is 28.9 Å². The van der Waals surface area contributed by atoms with Crippen LogP contribution in [0.3, 0.4) is 0 Å². The molecule has 3 heterocycles. The average Bonchev–Trinajstić information content (AvgIpc) is 3.11. The van der Waals surface area contributed by atoms with Gasteiger partial charge in [0.25, 0.3) is 5.56 Å². The van der Waals surface area contributed by atoms with E-state index in [1.165, 1.54) is 0 Å². The Bertz CT molecular complexity index is 1110. The van der Waals surface area contributed by atoms with Gasteiger partial charge in [-0.2, -0.15) is 0 Å². The van der Waals surface area contributed by atoms with E-state index >= 15 is 0 Å². The zero-order chi connectivity index (χ0) is 20.8. The highest BCUT2D eigenvalue weighted by molar-refractivity contribution is 6.35. The molecule has 1 aliphatic rings. The molecule has 3 aromatic rings. The quantitative estimate of drug-likeness (QED) is 0.619. The van der Waals surface area contributed by atoms with E-state index in [9.17, 15) is 4.79 Å². The molecular formula is C22H23Cl2N3O2. The van der Waals surface area contributed by atoms with Gasteiger partial charge in [0, 0.05) is 35.5 Å². The van der Waals surface area contributed by atoms with Crippen molar-refractivity contribution in [1.29, 1.82) is 0 Å². The number of hydrogen-bond acceptors (Lipinski definition) is 4. The molecule has 4 rings (SSSR count). The normalized spacial score (nSPS) is 14.8. The van der Waals surface area contributed by atoms with E-state index in [-0.39, 0.29) is 11.0 Å². The number of aromatic nitrogens is 2. The molecule has 1 N–H and O–H groups in total. The Morgan fingerprint density at radius 3 is 2.76 bits per heavy atom. The molecule has 5 nitrogen and oxygen atoms in total. The summed E-state index contributed by atoms with van der Waals surface area (Å²) in [5.74, 6) is 2.23. The number of furan rings is 1. The first-order valence-corrected chi connectivity index (χ1v) is 10.4. The van der Waals surface area contributed by atoms with Crippen molar-refractivity contribution in [3.63, 3.8) is 0 Å². The number of benzene rings is 1. The molecule has 0 radical (unpaired) electrons. The third-order valence-corrected chi connectivity index (χ3v) is 5.66. The number of nitrogens with one attached hydrogen (secondary N) is 1. The summed E-state index contributed by atoms with van der Waals surface area (Å²) in [5.41, 5.74) is 2.19. The Balaban J connectivity index is 1.52. The molecule has 7 heteroatoms. The van der Waals surface area contributed by atoms with Crippen LogP contribution in [0, 0.1) is 0 Å². The highest BCUT2D eigenvalue weighted by Gasteiger charge is 2.25. The van der Waals surface area contributed by atoms with E-state index < -0.39 is 0 Å². The van der Waals surface area contributed by atoms with Crippen molar-refractivity contribution in [3.8, 4) is 11.3 Å². The minimum absolute atomic E-state index is 0.0459. The fraction of sp³-hybridized carbons (Fsp3) is 0.364. The van der Waals surface area contributed by atoms with Gasteiger partial charge < -0.3 is 9.40 Å². The summed E-state index contributed by atoms with van der Waals surface area (Å²) in [6.07, 6.45) is 0.746. The first kappa shape index (κ1) is 20.2. The summed E-state index contributed by atoms with van der Waals surface area (Å²) in [6, 6.07) is 9.14. The lowest BCUT2D eigenvalue weighted by molar-refractivity contribution is 0.222. The summed E-state index contributed by atoms with van der Waals surface area (Å²) in [6.45, 7) is 8.13. The number of H-pyrrole nitrogens is 1. The molecule has 0 spiro atoms. The highest BCUT2D eigenvalue weighted by Crippen LogP contribution is 2.32. The second-order valence-electron chi connectivity index (χ2n) is 8.44. The average molecular weight is 432 g/mol. The molecular weight excluding hydrogens is 409 g/mol. The summed E-state index contributed by atoms with van der Waals surface area (Å²) in [7, 11) is 0. The molecule has 1 aromatic carbocycles. The zero-order valence-corrected chi connectivity index (χ0v) is 18.2. The van der Waals surface area contributed by atoms with Crippen LogP contribution in [0.25, 0.3) is 11.3 Å². The smallest absolute Gasteiger partial charge is 0.255 e. The Labute approximate surface area is 179 Å². The number of nitrogens with zero attached hydrogens (tertiary/aromatic N) is 2. The first-order chi connectivity index (χ1) is 13.7. The van der Waals surface area contributed by atoms with Gasteiger partial charge in [0.05, 0.1) is 22.8 Å². The van der Waals surface area contributed by atoms with Gasteiger partial charge in [-0.3, -0.25) is 9.69 Å². The van der Waals surface area contributed by atoms with Crippen molar-refractivity contribution >= 4 is 23.2 Å². The topological polar surface area (TPSA) is 62.1 Å². The third kappa shape index (κ3) is 4.27. The van der Waals surface area contributed by atoms with Crippen molar-refractivity contribution in [2.45, 2.75) is 45.7 Å². The number of rotatable bonds is 3. The van der Waals surface area contributed by atoms with Crippen LogP contribution in [-0.4, -0.2) is 21.4 Å². The minimum atomic E-state index is -0.183. The Hall–Kier alpha value is -2.08. The van der Waals surface area contributed by atoms with E-state index in [2.05, 4.69) is 9.88 Å². The lowest BCUT2D eigenvalue weighted by Crippen LogP contribution is -2.37. The molecule has 0 saturated carbocycles. The lowest BCUT2D eigenvalue weighted by atomic mass is 9.95. The van der Waals surface area contributed by atoms with Crippen LogP contribution < -0.4 is 5.56 Å². The van der Waals surface area contributed by atoms with Crippen LogP contribution in [0.2, 0.25) is 10.0 Å². The Morgan fingerprint density at radius 1 is 1.21 bits per heavy atom. The van der Waals surface area contributed by atoms with Crippen molar-refractivity contribution < 1.29 is 4.42 Å². The predicted octanol–water partition coefficient (Wildman–Crippen LogP) is 5.19. The molecule has 2 aromatic heterocycles. The summed E-state index contributed by atoms with van der Waals surface area (Å²) in [4.78, 5) is 22.5. The third-order valence-electron chi connectivity index (χ3n) is 5.09. The summed E-state index contributed by atoms with van der Waals surface area (Å²) in [5, 5.41) is 1.20. The van der Waals surface area contributed by atoms with Crippen molar-refractivity contribution in [2.75, 3.05) is 6.54 Å². The number of aromatic amines is 1. The van der Waals surface area contributed by atoms with Crippen molar-refractivity contribution in [2.24, 2.45) is 0 Å². The second-order valence-corrected chi connectivity index (χ2v) is 9.28. The number of fused-ring (bicyclic) bond motifs is 1. The fourth-order valence-electron chi connectivity index (χ4n) is 3.49. The Morgan fingerprint density at radius 2 is 2.00 bits per heavy atom. The first-order valence-electron chi connectivity index (χ1n) is 9.60. The number of hydrogen-bond donors (Lipinski definition) is 1. The molecule has 0 atom stereocenters. The van der Waals surface area contributed by atoms with Crippen LogP contribution in [0.15, 0.2) is 39.5 Å². The maximum atomic E-state index is 12.6. The SMILES string of the molecule is CC(C)(C)c1nc2c(c(=O)[nH]1)CN(Cc1ccc(-c3cc(Cl)ccc3Cl)o1)CC2. The van der Waals surface area contributed by atoms with E-state index in [1.807, 2.05) is 32.9 Å². The van der Waals surface area contributed by atoms with Gasteiger partial charge in [-0.25, -0.2) is 4.98 Å². The van der Waals surface area contributed by atoms with E-state index in [1.54, 1.807) is 18.2 Å². The van der Waals surface area contributed by atoms with Gasteiger partial charge >= 0.3 is 0 Å². The van der Waals surface area contributed by atoms with E-state index in [0.717, 1.165) is 41.4 Å². The molecule has 0 unspecified atom stereocenters. The van der Waals surface area contributed by atoms with Crippen molar-refractivity contribution in [1.82, 2.24) is 14.9 Å². The Kier molecular flexibility index (Phi) is 5.32. The minimum Gasteiger partial charge on any atom is -0.460 e. The zero-order valence-electron chi connectivity index (χ0n) is 16.7. The highest BCUT2D eigenvalue weighted by atomic mass is 35.5. The monoisotopic (exact) mass is 431 g/mol.